The number of carbonyl (C=O) groups is 1. The van der Waals surface area contributed by atoms with E-state index >= 15 is 0 Å². The van der Waals surface area contributed by atoms with Crippen LogP contribution in [-0.2, 0) is 17.8 Å². The molecule has 2 heterocycles. The molecule has 0 aliphatic heterocycles. The van der Waals surface area contributed by atoms with E-state index in [0.29, 0.717) is 12.1 Å². The van der Waals surface area contributed by atoms with E-state index < -0.39 is 0 Å². The van der Waals surface area contributed by atoms with Crippen molar-refractivity contribution in [2.24, 2.45) is 0 Å². The van der Waals surface area contributed by atoms with E-state index in [9.17, 15) is 9.59 Å². The van der Waals surface area contributed by atoms with Gasteiger partial charge in [0.1, 0.15) is 12.1 Å². The third-order valence-corrected chi connectivity index (χ3v) is 4.75. The number of amides is 1. The van der Waals surface area contributed by atoms with Gasteiger partial charge >= 0.3 is 0 Å². The topological polar surface area (TPSA) is 55.5 Å². The molecule has 0 aliphatic rings. The predicted molar refractivity (Wildman–Crippen MR) is 107 cm³/mol. The maximum Gasteiger partial charge on any atom is 0.275 e. The van der Waals surface area contributed by atoms with Crippen LogP contribution < -0.4 is 10.9 Å². The fraction of sp³-hybridized carbons (Fsp3) is 0.182. The summed E-state index contributed by atoms with van der Waals surface area (Å²) in [6.45, 7) is 0.611. The maximum absolute atomic E-state index is 12.8. The number of nitrogens with zero attached hydrogens (tertiary/aromatic N) is 2. The third kappa shape index (κ3) is 3.49. The number of aromatic nitrogens is 2. The second-order valence-electron chi connectivity index (χ2n) is 6.58. The molecule has 0 aliphatic carbocycles. The van der Waals surface area contributed by atoms with Crippen molar-refractivity contribution < 1.29 is 4.79 Å². The largest absolute Gasteiger partial charge is 0.355 e. The molecule has 5 heteroatoms. The molecule has 4 rings (SSSR count). The minimum Gasteiger partial charge on any atom is -0.355 e. The summed E-state index contributed by atoms with van der Waals surface area (Å²) in [5.41, 5.74) is 3.34. The molecule has 0 radical (unpaired) electrons. The normalized spacial score (nSPS) is 11.1. The van der Waals surface area contributed by atoms with Gasteiger partial charge in [-0.2, -0.15) is 0 Å². The lowest BCUT2D eigenvalue weighted by Gasteiger charge is -2.12. The van der Waals surface area contributed by atoms with Gasteiger partial charge in [-0.1, -0.05) is 42.5 Å². The van der Waals surface area contributed by atoms with Gasteiger partial charge in [-0.05, 0) is 42.7 Å². The molecule has 5 nitrogen and oxygen atoms in total. The number of para-hydroxylation sites is 2. The van der Waals surface area contributed by atoms with E-state index in [-0.39, 0.29) is 18.0 Å². The number of nitrogens with one attached hydrogen (secondary N) is 1. The molecular weight excluding hydrogens is 338 g/mol. The average molecular weight is 359 g/mol. The van der Waals surface area contributed by atoms with E-state index in [2.05, 4.69) is 17.4 Å². The van der Waals surface area contributed by atoms with Crippen LogP contribution in [0.1, 0.15) is 12.0 Å². The Morgan fingerprint density at radius 3 is 2.37 bits per heavy atom. The standard InChI is InChI=1S/C22H21N3O2/c26-21(23-14-6-10-17-8-2-1-3-9-17)16-25-19-12-5-4-11-18(19)24-15-7-13-20(24)22(25)27/h1-5,7-9,11-13,15H,6,10,14,16H2,(H,23,26). The van der Waals surface area contributed by atoms with Crippen LogP contribution in [0.4, 0.5) is 0 Å². The summed E-state index contributed by atoms with van der Waals surface area (Å²) >= 11 is 0. The van der Waals surface area contributed by atoms with E-state index in [1.807, 2.05) is 59.1 Å². The quantitative estimate of drug-likeness (QED) is 0.538. The molecule has 0 saturated carbocycles. The number of aryl methyl sites for hydroxylation is 1. The minimum absolute atomic E-state index is 0.0202. The smallest absolute Gasteiger partial charge is 0.275 e. The first kappa shape index (κ1) is 17.1. The fourth-order valence-corrected chi connectivity index (χ4v) is 3.43. The Kier molecular flexibility index (Phi) is 4.75. The van der Waals surface area contributed by atoms with Crippen molar-refractivity contribution in [2.75, 3.05) is 6.54 Å². The van der Waals surface area contributed by atoms with Crippen LogP contribution in [0.25, 0.3) is 16.6 Å². The molecule has 1 amide bonds. The molecule has 1 N–H and O–H groups in total. The van der Waals surface area contributed by atoms with Gasteiger partial charge in [0.2, 0.25) is 5.91 Å². The average Bonchev–Trinajstić information content (AvgIpc) is 3.20. The Labute approximate surface area is 156 Å². The molecule has 2 aromatic heterocycles. The van der Waals surface area contributed by atoms with Gasteiger partial charge in [-0.15, -0.1) is 0 Å². The van der Waals surface area contributed by atoms with Crippen molar-refractivity contribution in [2.45, 2.75) is 19.4 Å². The number of hydrogen-bond donors (Lipinski definition) is 1. The zero-order valence-corrected chi connectivity index (χ0v) is 15.0. The second-order valence-corrected chi connectivity index (χ2v) is 6.58. The van der Waals surface area contributed by atoms with Gasteiger partial charge < -0.3 is 9.72 Å². The lowest BCUT2D eigenvalue weighted by atomic mass is 10.1. The number of fused-ring (bicyclic) bond motifs is 3. The first-order chi connectivity index (χ1) is 13.2. The van der Waals surface area contributed by atoms with Crippen molar-refractivity contribution in [3.8, 4) is 0 Å². The summed E-state index contributed by atoms with van der Waals surface area (Å²) in [6.07, 6.45) is 3.65. The SMILES string of the molecule is O=C(Cn1c(=O)c2cccn2c2ccccc21)NCCCc1ccccc1. The molecular formula is C22H21N3O2. The summed E-state index contributed by atoms with van der Waals surface area (Å²) in [4.78, 5) is 25.2. The van der Waals surface area contributed by atoms with Crippen molar-refractivity contribution in [1.82, 2.24) is 14.3 Å². The molecule has 0 saturated heterocycles. The van der Waals surface area contributed by atoms with Gasteiger partial charge in [0.05, 0.1) is 11.0 Å². The third-order valence-electron chi connectivity index (χ3n) is 4.75. The molecule has 136 valence electrons. The van der Waals surface area contributed by atoms with Crippen LogP contribution in [0.2, 0.25) is 0 Å². The minimum atomic E-state index is -0.155. The first-order valence-electron chi connectivity index (χ1n) is 9.13. The Morgan fingerprint density at radius 2 is 1.56 bits per heavy atom. The van der Waals surface area contributed by atoms with E-state index in [1.165, 1.54) is 5.56 Å². The summed E-state index contributed by atoms with van der Waals surface area (Å²) in [5.74, 6) is -0.147. The molecule has 0 spiro atoms. The van der Waals surface area contributed by atoms with E-state index in [1.54, 1.807) is 10.6 Å². The highest BCUT2D eigenvalue weighted by molar-refractivity contribution is 5.82. The van der Waals surface area contributed by atoms with Gasteiger partial charge in [-0.25, -0.2) is 0 Å². The predicted octanol–water partition coefficient (Wildman–Crippen LogP) is 3.00. The molecule has 0 fully saturated rings. The van der Waals surface area contributed by atoms with Crippen LogP contribution >= 0.6 is 0 Å². The van der Waals surface area contributed by atoms with Gasteiger partial charge in [0.25, 0.3) is 5.56 Å². The molecule has 4 aromatic rings. The molecule has 0 bridgehead atoms. The summed E-state index contributed by atoms with van der Waals surface area (Å²) in [6, 6.07) is 21.5. The number of hydrogen-bond acceptors (Lipinski definition) is 2. The van der Waals surface area contributed by atoms with Crippen LogP contribution in [-0.4, -0.2) is 21.4 Å². The first-order valence-corrected chi connectivity index (χ1v) is 9.13. The second kappa shape index (κ2) is 7.50. The lowest BCUT2D eigenvalue weighted by Crippen LogP contribution is -2.33. The van der Waals surface area contributed by atoms with E-state index in [0.717, 1.165) is 23.9 Å². The zero-order valence-electron chi connectivity index (χ0n) is 15.0. The Balaban J connectivity index is 1.48. The molecule has 0 atom stereocenters. The van der Waals surface area contributed by atoms with Crippen LogP contribution in [0, 0.1) is 0 Å². The van der Waals surface area contributed by atoms with Gasteiger partial charge in [0, 0.05) is 12.7 Å². The van der Waals surface area contributed by atoms with Crippen molar-refractivity contribution in [1.29, 1.82) is 0 Å². The summed E-state index contributed by atoms with van der Waals surface area (Å²) in [7, 11) is 0. The molecule has 27 heavy (non-hydrogen) atoms. The van der Waals surface area contributed by atoms with Gasteiger partial charge in [-0.3, -0.25) is 14.2 Å². The van der Waals surface area contributed by atoms with Gasteiger partial charge in [0.15, 0.2) is 0 Å². The van der Waals surface area contributed by atoms with Crippen LogP contribution in [0.3, 0.4) is 0 Å². The highest BCUT2D eigenvalue weighted by Gasteiger charge is 2.12. The Morgan fingerprint density at radius 1 is 0.852 bits per heavy atom. The molecule has 2 aromatic carbocycles. The molecule has 0 unspecified atom stereocenters. The highest BCUT2D eigenvalue weighted by Crippen LogP contribution is 2.14. The van der Waals surface area contributed by atoms with Crippen molar-refractivity contribution >= 4 is 22.5 Å². The number of rotatable bonds is 6. The summed E-state index contributed by atoms with van der Waals surface area (Å²) in [5, 5.41) is 2.93. The zero-order chi connectivity index (χ0) is 18.6. The summed E-state index contributed by atoms with van der Waals surface area (Å²) < 4.78 is 3.42. The monoisotopic (exact) mass is 359 g/mol. The Bertz CT molecular complexity index is 1140. The van der Waals surface area contributed by atoms with Crippen molar-refractivity contribution in [3.63, 3.8) is 0 Å². The highest BCUT2D eigenvalue weighted by atomic mass is 16.2. The maximum atomic E-state index is 12.8. The van der Waals surface area contributed by atoms with E-state index in [4.69, 9.17) is 0 Å². The number of benzene rings is 2. The number of carbonyl (C=O) groups excluding carboxylic acids is 1. The Hall–Kier alpha value is -3.34. The van der Waals surface area contributed by atoms with Crippen LogP contribution in [0.5, 0.6) is 0 Å². The fourth-order valence-electron chi connectivity index (χ4n) is 3.43. The lowest BCUT2D eigenvalue weighted by molar-refractivity contribution is -0.121. The van der Waals surface area contributed by atoms with Crippen LogP contribution in [0.15, 0.2) is 77.7 Å². The van der Waals surface area contributed by atoms with Crippen molar-refractivity contribution in [3.05, 3.63) is 88.8 Å².